The third-order valence-electron chi connectivity index (χ3n) is 18.8. The van der Waals surface area contributed by atoms with Gasteiger partial charge in [-0.05, 0) is 155 Å². The van der Waals surface area contributed by atoms with Crippen molar-refractivity contribution in [3.8, 4) is 44.5 Å². The predicted molar refractivity (Wildman–Crippen MR) is 353 cm³/mol. The van der Waals surface area contributed by atoms with E-state index in [1.54, 1.807) is 0 Å². The number of anilines is 6. The van der Waals surface area contributed by atoms with E-state index in [-0.39, 0.29) is 5.41 Å². The lowest BCUT2D eigenvalue weighted by Crippen LogP contribution is -2.28. The Kier molecular flexibility index (Phi) is 11.7. The van der Waals surface area contributed by atoms with Crippen LogP contribution in [0.4, 0.5) is 34.1 Å². The second-order valence-electron chi connectivity index (χ2n) is 23.5. The summed E-state index contributed by atoms with van der Waals surface area (Å²) in [6.45, 7) is 4.76. The molecule has 0 radical (unpaired) electrons. The number of hydrogen-bond donors (Lipinski definition) is 0. The standard InChI is InChI=1S/C83H60N2/c1-81(2)74-44-20-15-40-68(74)72-51-49-66(56-79(72)81)84(62-36-25-35-61(53-62)83(60-33-13-6-14-34-60)75-45-21-16-41-69(75)70-42-17-22-46-76(70)83)63-37-26-38-64(54-63)85(80-48-24-19-39-67(80)57-27-7-3-8-28-57)65-50-52-78-73(55-65)71-43-18-23-47-77(71)82(78,58-29-9-4-10-30-58)59-31-11-5-12-32-59/h3-56H,1-2H3. The van der Waals surface area contributed by atoms with Crippen LogP contribution in [0.3, 0.4) is 0 Å². The maximum Gasteiger partial charge on any atom is 0.0714 e. The molecule has 0 aliphatic heterocycles. The summed E-state index contributed by atoms with van der Waals surface area (Å²) in [4.78, 5) is 5.00. The van der Waals surface area contributed by atoms with Crippen molar-refractivity contribution in [1.82, 2.24) is 0 Å². The van der Waals surface area contributed by atoms with Gasteiger partial charge in [0.1, 0.15) is 0 Å². The molecule has 0 saturated heterocycles. The molecule has 402 valence electrons. The molecule has 16 rings (SSSR count). The Morgan fingerprint density at radius 2 is 0.576 bits per heavy atom. The first-order valence-corrected chi connectivity index (χ1v) is 29.7. The van der Waals surface area contributed by atoms with Crippen LogP contribution in [-0.4, -0.2) is 0 Å². The molecule has 0 bridgehead atoms. The zero-order chi connectivity index (χ0) is 56.7. The number of hydrogen-bond acceptors (Lipinski definition) is 2. The zero-order valence-corrected chi connectivity index (χ0v) is 47.6. The van der Waals surface area contributed by atoms with Crippen molar-refractivity contribution in [3.05, 3.63) is 383 Å². The minimum absolute atomic E-state index is 0.214. The van der Waals surface area contributed by atoms with E-state index in [4.69, 9.17) is 0 Å². The Bertz CT molecular complexity index is 4610. The van der Waals surface area contributed by atoms with Gasteiger partial charge in [0.15, 0.2) is 0 Å². The molecule has 0 N–H and O–H groups in total. The van der Waals surface area contributed by atoms with Crippen LogP contribution in [0.25, 0.3) is 44.5 Å². The fourth-order valence-electron chi connectivity index (χ4n) is 15.2. The van der Waals surface area contributed by atoms with E-state index in [9.17, 15) is 0 Å². The van der Waals surface area contributed by atoms with Crippen molar-refractivity contribution >= 4 is 34.1 Å². The summed E-state index contributed by atoms with van der Waals surface area (Å²) in [5, 5.41) is 0. The highest BCUT2D eigenvalue weighted by Gasteiger charge is 2.48. The molecular formula is C83H60N2. The molecule has 13 aromatic rings. The minimum Gasteiger partial charge on any atom is -0.310 e. The van der Waals surface area contributed by atoms with Gasteiger partial charge in [0.05, 0.1) is 16.5 Å². The molecule has 0 atom stereocenters. The number of benzene rings is 13. The Morgan fingerprint density at radius 3 is 1.15 bits per heavy atom. The van der Waals surface area contributed by atoms with Gasteiger partial charge in [-0.2, -0.15) is 0 Å². The SMILES string of the molecule is CC1(C)c2ccccc2-c2ccc(N(c3cccc(N(c4ccc5c(c4)-c4ccccc4C5(c4ccccc4)c4ccccc4)c4ccccc4-c4ccccc4)c3)c3cccc(C4(c5ccccc5)c5ccccc5-c5ccccc54)c3)cc21. The van der Waals surface area contributed by atoms with Crippen molar-refractivity contribution in [2.45, 2.75) is 30.1 Å². The van der Waals surface area contributed by atoms with E-state index in [2.05, 4.69) is 351 Å². The molecule has 3 aliphatic carbocycles. The first-order chi connectivity index (χ1) is 41.9. The summed E-state index contributed by atoms with van der Waals surface area (Å²) >= 11 is 0. The summed E-state index contributed by atoms with van der Waals surface area (Å²) < 4.78 is 0. The molecule has 13 aromatic carbocycles. The Balaban J connectivity index is 0.931. The van der Waals surface area contributed by atoms with Gasteiger partial charge < -0.3 is 9.80 Å². The van der Waals surface area contributed by atoms with Crippen LogP contribution in [0.1, 0.15) is 69.5 Å². The van der Waals surface area contributed by atoms with Crippen molar-refractivity contribution in [2.24, 2.45) is 0 Å². The summed E-state index contributed by atoms with van der Waals surface area (Å²) in [5.74, 6) is 0. The van der Waals surface area contributed by atoms with Crippen LogP contribution in [0.5, 0.6) is 0 Å². The average molecular weight is 1090 g/mol. The topological polar surface area (TPSA) is 6.48 Å². The number of fused-ring (bicyclic) bond motifs is 9. The first-order valence-electron chi connectivity index (χ1n) is 29.7. The van der Waals surface area contributed by atoms with E-state index < -0.39 is 10.8 Å². The van der Waals surface area contributed by atoms with E-state index in [0.717, 1.165) is 45.3 Å². The minimum atomic E-state index is -0.581. The third kappa shape index (κ3) is 7.58. The summed E-state index contributed by atoms with van der Waals surface area (Å²) in [6.07, 6.45) is 0. The van der Waals surface area contributed by atoms with Gasteiger partial charge in [-0.15, -0.1) is 0 Å². The van der Waals surface area contributed by atoms with Crippen LogP contribution in [0, 0.1) is 0 Å². The van der Waals surface area contributed by atoms with Gasteiger partial charge in [0.25, 0.3) is 0 Å². The van der Waals surface area contributed by atoms with Crippen molar-refractivity contribution in [2.75, 3.05) is 9.80 Å². The highest BCUT2D eigenvalue weighted by atomic mass is 15.2. The quantitative estimate of drug-likeness (QED) is 0.127. The second kappa shape index (κ2) is 19.8. The van der Waals surface area contributed by atoms with E-state index >= 15 is 0 Å². The van der Waals surface area contributed by atoms with Gasteiger partial charge in [-0.3, -0.25) is 0 Å². The van der Waals surface area contributed by atoms with Crippen molar-refractivity contribution in [3.63, 3.8) is 0 Å². The molecule has 85 heavy (non-hydrogen) atoms. The molecule has 2 nitrogen and oxygen atoms in total. The predicted octanol–water partition coefficient (Wildman–Crippen LogP) is 21.3. The largest absolute Gasteiger partial charge is 0.310 e. The molecule has 0 saturated carbocycles. The van der Waals surface area contributed by atoms with Crippen molar-refractivity contribution < 1.29 is 0 Å². The molecule has 0 aromatic heterocycles. The van der Waals surface area contributed by atoms with Gasteiger partial charge in [0, 0.05) is 39.4 Å². The maximum atomic E-state index is 2.51. The normalized spacial score (nSPS) is 14.0. The summed E-state index contributed by atoms with van der Waals surface area (Å²) in [5.41, 5.74) is 27.8. The number of rotatable bonds is 11. The zero-order valence-electron chi connectivity index (χ0n) is 47.6. The highest BCUT2D eigenvalue weighted by Crippen LogP contribution is 2.60. The van der Waals surface area contributed by atoms with Crippen LogP contribution < -0.4 is 9.80 Å². The van der Waals surface area contributed by atoms with Gasteiger partial charge in [-0.25, -0.2) is 0 Å². The highest BCUT2D eigenvalue weighted by molar-refractivity contribution is 5.95. The first kappa shape index (κ1) is 50.2. The molecule has 0 fully saturated rings. The van der Waals surface area contributed by atoms with Crippen LogP contribution in [0.15, 0.2) is 328 Å². The lowest BCUT2D eigenvalue weighted by Gasteiger charge is -2.35. The number of nitrogens with zero attached hydrogens (tertiary/aromatic N) is 2. The number of para-hydroxylation sites is 1. The van der Waals surface area contributed by atoms with Gasteiger partial charge >= 0.3 is 0 Å². The van der Waals surface area contributed by atoms with E-state index in [1.165, 1.54) is 89.0 Å². The van der Waals surface area contributed by atoms with Gasteiger partial charge in [-0.1, -0.05) is 281 Å². The smallest absolute Gasteiger partial charge is 0.0714 e. The Hall–Kier alpha value is -10.5. The molecule has 2 heteroatoms. The van der Waals surface area contributed by atoms with E-state index in [0.29, 0.717) is 0 Å². The lowest BCUT2D eigenvalue weighted by molar-refractivity contribution is 0.660. The lowest BCUT2D eigenvalue weighted by atomic mass is 9.67. The third-order valence-corrected chi connectivity index (χ3v) is 18.8. The van der Waals surface area contributed by atoms with E-state index in [1.807, 2.05) is 0 Å². The van der Waals surface area contributed by atoms with Crippen molar-refractivity contribution in [1.29, 1.82) is 0 Å². The molecule has 3 aliphatic rings. The van der Waals surface area contributed by atoms with Crippen LogP contribution in [-0.2, 0) is 16.2 Å². The Morgan fingerprint density at radius 1 is 0.212 bits per heavy atom. The molecule has 0 heterocycles. The molecule has 0 spiro atoms. The Labute approximate surface area is 498 Å². The summed E-state index contributed by atoms with van der Waals surface area (Å²) in [6, 6.07) is 122. The van der Waals surface area contributed by atoms with Crippen LogP contribution >= 0.6 is 0 Å². The second-order valence-corrected chi connectivity index (χ2v) is 23.5. The van der Waals surface area contributed by atoms with Crippen LogP contribution in [0.2, 0.25) is 0 Å². The molecular weight excluding hydrogens is 1020 g/mol. The summed E-state index contributed by atoms with van der Waals surface area (Å²) in [7, 11) is 0. The fourth-order valence-corrected chi connectivity index (χ4v) is 15.2. The molecule has 0 unspecified atom stereocenters. The molecule has 0 amide bonds. The maximum absolute atomic E-state index is 2.51. The fraction of sp³-hybridized carbons (Fsp3) is 0.0602. The average Bonchev–Trinajstić information content (AvgIpc) is 1.78. The monoisotopic (exact) mass is 1080 g/mol. The van der Waals surface area contributed by atoms with Gasteiger partial charge in [0.2, 0.25) is 0 Å².